The van der Waals surface area contributed by atoms with Crippen molar-refractivity contribution >= 4 is 34.1 Å². The number of urea groups is 1. The van der Waals surface area contributed by atoms with Gasteiger partial charge in [0.15, 0.2) is 0 Å². The molecule has 41 heavy (non-hydrogen) atoms. The number of carbonyl (C=O) groups is 1. The van der Waals surface area contributed by atoms with Crippen molar-refractivity contribution in [2.75, 3.05) is 24.5 Å². The zero-order valence-electron chi connectivity index (χ0n) is 22.8. The molecule has 4 rings (SSSR count). The highest BCUT2D eigenvalue weighted by atomic mass is 35.5. The second-order valence-corrected chi connectivity index (χ2v) is 11.4. The van der Waals surface area contributed by atoms with E-state index in [1.165, 1.54) is 23.1 Å². The number of nitrogens with one attached hydrogen (secondary N) is 1. The zero-order valence-corrected chi connectivity index (χ0v) is 24.4. The molecule has 1 fully saturated rings. The van der Waals surface area contributed by atoms with Crippen molar-refractivity contribution in [3.8, 4) is 11.5 Å². The Morgan fingerprint density at radius 3 is 2.20 bits per heavy atom. The first kappa shape index (κ1) is 32.3. The third kappa shape index (κ3) is 9.12. The molecule has 0 aliphatic carbocycles. The number of unbranched alkanes of at least 4 members (excludes halogenated alkanes) is 1. The van der Waals surface area contributed by atoms with Crippen molar-refractivity contribution < 1.29 is 26.7 Å². The number of carbonyl (C=O) groups excluding carboxylic acids is 1. The molecule has 1 aliphatic heterocycles. The molecule has 0 bridgehead atoms. The standard InChI is InChI=1S/C29H34F2N4O4S.ClH/c1-2-3-16-35(28-13-6-22(30)19-27(28)31)29(36)33-23-14-17-34(18-15-23)20-21-4-7-24(8-5-21)39-25-9-11-26(12-10-25)40(32,37)38;/h4-13,19,23H,2-3,14-18,20H2,1H3,(H,33,36)(H2,32,37,38);1H. The molecule has 222 valence electrons. The molecular weight excluding hydrogens is 574 g/mol. The number of halogens is 3. The Morgan fingerprint density at radius 1 is 1.02 bits per heavy atom. The van der Waals surface area contributed by atoms with Crippen LogP contribution in [0.2, 0.25) is 0 Å². The van der Waals surface area contributed by atoms with Gasteiger partial charge in [0.25, 0.3) is 0 Å². The monoisotopic (exact) mass is 608 g/mol. The number of amides is 2. The number of nitrogens with zero attached hydrogens (tertiary/aromatic N) is 2. The predicted octanol–water partition coefficient (Wildman–Crippen LogP) is 5.81. The van der Waals surface area contributed by atoms with E-state index in [0.29, 0.717) is 24.5 Å². The van der Waals surface area contributed by atoms with Crippen LogP contribution >= 0.6 is 12.4 Å². The summed E-state index contributed by atoms with van der Waals surface area (Å²) in [6.45, 7) is 4.67. The smallest absolute Gasteiger partial charge is 0.322 e. The molecule has 2 amide bonds. The third-order valence-electron chi connectivity index (χ3n) is 6.81. The van der Waals surface area contributed by atoms with E-state index in [1.807, 2.05) is 31.2 Å². The molecule has 12 heteroatoms. The topological polar surface area (TPSA) is 105 Å². The van der Waals surface area contributed by atoms with Gasteiger partial charge in [0.1, 0.15) is 23.1 Å². The van der Waals surface area contributed by atoms with Crippen LogP contribution in [0.4, 0.5) is 19.3 Å². The second-order valence-electron chi connectivity index (χ2n) is 9.86. The molecule has 0 spiro atoms. The summed E-state index contributed by atoms with van der Waals surface area (Å²) in [7, 11) is -3.75. The molecule has 1 saturated heterocycles. The van der Waals surface area contributed by atoms with Crippen molar-refractivity contribution in [3.63, 3.8) is 0 Å². The molecule has 3 aromatic rings. The fourth-order valence-corrected chi connectivity index (χ4v) is 5.11. The van der Waals surface area contributed by atoms with E-state index in [4.69, 9.17) is 9.88 Å². The average molecular weight is 609 g/mol. The van der Waals surface area contributed by atoms with Gasteiger partial charge < -0.3 is 10.1 Å². The quantitative estimate of drug-likeness (QED) is 0.302. The minimum Gasteiger partial charge on any atom is -0.457 e. The molecule has 8 nitrogen and oxygen atoms in total. The number of anilines is 1. The number of piperidine rings is 1. The highest BCUT2D eigenvalue weighted by molar-refractivity contribution is 7.89. The van der Waals surface area contributed by atoms with Crippen LogP contribution < -0.4 is 20.1 Å². The number of hydrogen-bond donors (Lipinski definition) is 2. The van der Waals surface area contributed by atoms with Crippen LogP contribution in [-0.2, 0) is 16.6 Å². The van der Waals surface area contributed by atoms with Crippen molar-refractivity contribution in [2.45, 2.75) is 50.1 Å². The lowest BCUT2D eigenvalue weighted by atomic mass is 10.0. The third-order valence-corrected chi connectivity index (χ3v) is 7.74. The Bertz CT molecular complexity index is 1400. The largest absolute Gasteiger partial charge is 0.457 e. The lowest BCUT2D eigenvalue weighted by Crippen LogP contribution is -2.49. The first-order valence-corrected chi connectivity index (χ1v) is 14.8. The van der Waals surface area contributed by atoms with Gasteiger partial charge in [0, 0.05) is 38.3 Å². The number of sulfonamides is 1. The molecule has 3 aromatic carbocycles. The molecule has 1 aliphatic rings. The molecule has 3 N–H and O–H groups in total. The van der Waals surface area contributed by atoms with E-state index >= 15 is 0 Å². The van der Waals surface area contributed by atoms with Crippen LogP contribution in [0.15, 0.2) is 71.6 Å². The summed E-state index contributed by atoms with van der Waals surface area (Å²) < 4.78 is 56.4. The van der Waals surface area contributed by atoms with Crippen LogP contribution in [0, 0.1) is 11.6 Å². The molecule has 0 radical (unpaired) electrons. The van der Waals surface area contributed by atoms with E-state index in [1.54, 1.807) is 12.1 Å². The summed E-state index contributed by atoms with van der Waals surface area (Å²) in [4.78, 5) is 16.7. The normalized spacial score (nSPS) is 14.2. The first-order chi connectivity index (χ1) is 19.1. The number of likely N-dealkylation sites (tertiary alicyclic amines) is 1. The van der Waals surface area contributed by atoms with Crippen molar-refractivity contribution in [1.29, 1.82) is 0 Å². The Kier molecular flexibility index (Phi) is 11.5. The molecule has 0 atom stereocenters. The zero-order chi connectivity index (χ0) is 28.7. The van der Waals surface area contributed by atoms with E-state index < -0.39 is 21.7 Å². The van der Waals surface area contributed by atoms with Crippen molar-refractivity contribution in [1.82, 2.24) is 10.2 Å². The summed E-state index contributed by atoms with van der Waals surface area (Å²) in [5, 5.41) is 8.16. The summed E-state index contributed by atoms with van der Waals surface area (Å²) in [6.07, 6.45) is 3.06. The molecule has 1 heterocycles. The Balaban J connectivity index is 0.00000462. The lowest BCUT2D eigenvalue weighted by Gasteiger charge is -2.34. The summed E-state index contributed by atoms with van der Waals surface area (Å²) in [6, 6.07) is 16.4. The molecular formula is C29H35ClF2N4O4S. The van der Waals surface area contributed by atoms with Gasteiger partial charge in [-0.05, 0) is 73.4 Å². The van der Waals surface area contributed by atoms with Gasteiger partial charge in [-0.2, -0.15) is 0 Å². The number of ether oxygens (including phenoxy) is 1. The fourth-order valence-electron chi connectivity index (χ4n) is 4.59. The van der Waals surface area contributed by atoms with Crippen molar-refractivity contribution in [2.24, 2.45) is 5.14 Å². The Hall–Kier alpha value is -3.25. The Labute approximate surface area is 245 Å². The minimum atomic E-state index is -3.75. The van der Waals surface area contributed by atoms with Crippen LogP contribution in [0.25, 0.3) is 0 Å². The van der Waals surface area contributed by atoms with Gasteiger partial charge in [-0.25, -0.2) is 27.1 Å². The van der Waals surface area contributed by atoms with Crippen LogP contribution in [0.1, 0.15) is 38.2 Å². The maximum Gasteiger partial charge on any atom is 0.322 e. The highest BCUT2D eigenvalue weighted by Gasteiger charge is 2.25. The minimum absolute atomic E-state index is 0. The van der Waals surface area contributed by atoms with Crippen LogP contribution in [-0.4, -0.2) is 45.0 Å². The SMILES string of the molecule is CCCCN(C(=O)NC1CCN(Cc2ccc(Oc3ccc(S(N)(=O)=O)cc3)cc2)CC1)c1ccc(F)cc1F.Cl. The summed E-state index contributed by atoms with van der Waals surface area (Å²) >= 11 is 0. The number of hydrogen-bond acceptors (Lipinski definition) is 5. The maximum absolute atomic E-state index is 14.4. The van der Waals surface area contributed by atoms with Crippen molar-refractivity contribution in [3.05, 3.63) is 83.9 Å². The van der Waals surface area contributed by atoms with E-state index in [0.717, 1.165) is 56.6 Å². The predicted molar refractivity (Wildman–Crippen MR) is 157 cm³/mol. The number of primary sulfonamides is 1. The van der Waals surface area contributed by atoms with Crippen LogP contribution in [0.5, 0.6) is 11.5 Å². The lowest BCUT2D eigenvalue weighted by molar-refractivity contribution is 0.188. The maximum atomic E-state index is 14.4. The highest BCUT2D eigenvalue weighted by Crippen LogP contribution is 2.25. The number of nitrogens with two attached hydrogens (primary N) is 1. The summed E-state index contributed by atoms with van der Waals surface area (Å²) in [5.74, 6) is -0.306. The second kappa shape index (κ2) is 14.6. The van der Waals surface area contributed by atoms with E-state index in [-0.39, 0.29) is 35.1 Å². The van der Waals surface area contributed by atoms with Gasteiger partial charge in [-0.15, -0.1) is 12.4 Å². The van der Waals surface area contributed by atoms with E-state index in [2.05, 4.69) is 10.2 Å². The van der Waals surface area contributed by atoms with Gasteiger partial charge in [-0.1, -0.05) is 25.5 Å². The van der Waals surface area contributed by atoms with Gasteiger partial charge in [-0.3, -0.25) is 9.80 Å². The van der Waals surface area contributed by atoms with E-state index in [9.17, 15) is 22.0 Å². The molecule has 0 aromatic heterocycles. The Morgan fingerprint density at radius 2 is 1.63 bits per heavy atom. The number of rotatable bonds is 10. The van der Waals surface area contributed by atoms with Crippen LogP contribution in [0.3, 0.4) is 0 Å². The summed E-state index contributed by atoms with van der Waals surface area (Å²) in [5.41, 5.74) is 1.19. The average Bonchev–Trinajstić information content (AvgIpc) is 2.92. The van der Waals surface area contributed by atoms with Gasteiger partial charge in [0.05, 0.1) is 10.6 Å². The van der Waals surface area contributed by atoms with Gasteiger partial charge >= 0.3 is 6.03 Å². The fraction of sp³-hybridized carbons (Fsp3) is 0.345. The number of benzene rings is 3. The molecule has 0 saturated carbocycles. The first-order valence-electron chi connectivity index (χ1n) is 13.3. The van der Waals surface area contributed by atoms with Gasteiger partial charge in [0.2, 0.25) is 10.0 Å². The molecule has 0 unspecified atom stereocenters.